The van der Waals surface area contributed by atoms with Gasteiger partial charge in [-0.1, -0.05) is 32.9 Å². The standard InChI is InChI=1S/C20H21N3O6/c1-20(2,3)13-6-4-12(5-7-13)18(25)22-17(24)11-29-19(26)15-10-14(23(27)28)8-9-16(15)21/h4-10H,11,21H2,1-3H3,(H,22,24,25). The first-order valence-corrected chi connectivity index (χ1v) is 8.65. The van der Waals surface area contributed by atoms with Crippen LogP contribution in [0.5, 0.6) is 0 Å². The van der Waals surface area contributed by atoms with Gasteiger partial charge in [-0.15, -0.1) is 0 Å². The van der Waals surface area contributed by atoms with Gasteiger partial charge in [-0.3, -0.25) is 25.0 Å². The van der Waals surface area contributed by atoms with Crippen LogP contribution in [0.25, 0.3) is 0 Å². The number of nitro benzene ring substituents is 1. The number of nitrogen functional groups attached to an aromatic ring is 1. The minimum atomic E-state index is -1.01. The minimum absolute atomic E-state index is 0.0315. The van der Waals surface area contributed by atoms with Crippen molar-refractivity contribution in [3.8, 4) is 0 Å². The number of imide groups is 1. The van der Waals surface area contributed by atoms with E-state index in [2.05, 4.69) is 5.32 Å². The normalized spacial score (nSPS) is 10.9. The van der Waals surface area contributed by atoms with Crippen molar-refractivity contribution in [1.29, 1.82) is 0 Å². The lowest BCUT2D eigenvalue weighted by Gasteiger charge is -2.19. The first kappa shape index (κ1) is 21.5. The molecule has 0 bridgehead atoms. The molecule has 29 heavy (non-hydrogen) atoms. The second-order valence-corrected chi connectivity index (χ2v) is 7.31. The van der Waals surface area contributed by atoms with Crippen molar-refractivity contribution in [2.24, 2.45) is 0 Å². The van der Waals surface area contributed by atoms with Gasteiger partial charge in [0.1, 0.15) is 0 Å². The molecule has 0 saturated heterocycles. The van der Waals surface area contributed by atoms with Crippen LogP contribution in [0.2, 0.25) is 0 Å². The van der Waals surface area contributed by atoms with Crippen molar-refractivity contribution >= 4 is 29.2 Å². The highest BCUT2D eigenvalue weighted by atomic mass is 16.6. The highest BCUT2D eigenvalue weighted by Crippen LogP contribution is 2.22. The van der Waals surface area contributed by atoms with Crippen LogP contribution < -0.4 is 11.1 Å². The molecule has 2 aromatic carbocycles. The zero-order valence-electron chi connectivity index (χ0n) is 16.2. The summed E-state index contributed by atoms with van der Waals surface area (Å²) in [5, 5.41) is 12.9. The summed E-state index contributed by atoms with van der Waals surface area (Å²) in [5.74, 6) is -2.49. The average molecular weight is 399 g/mol. The Bertz CT molecular complexity index is 961. The van der Waals surface area contributed by atoms with Crippen LogP contribution in [-0.2, 0) is 14.9 Å². The number of rotatable bonds is 5. The largest absolute Gasteiger partial charge is 0.452 e. The molecular weight excluding hydrogens is 378 g/mol. The van der Waals surface area contributed by atoms with Gasteiger partial charge in [-0.25, -0.2) is 4.79 Å². The summed E-state index contributed by atoms with van der Waals surface area (Å²) in [6, 6.07) is 10.1. The molecule has 0 atom stereocenters. The minimum Gasteiger partial charge on any atom is -0.452 e. The highest BCUT2D eigenvalue weighted by Gasteiger charge is 2.19. The number of nitrogens with one attached hydrogen (secondary N) is 1. The first-order chi connectivity index (χ1) is 13.5. The number of nitro groups is 1. The van der Waals surface area contributed by atoms with Crippen LogP contribution in [0, 0.1) is 10.1 Å². The molecule has 9 heteroatoms. The zero-order chi connectivity index (χ0) is 21.8. The summed E-state index contributed by atoms with van der Waals surface area (Å²) < 4.78 is 4.80. The number of non-ortho nitro benzene ring substituents is 1. The molecule has 0 fully saturated rings. The van der Waals surface area contributed by atoms with E-state index in [0.29, 0.717) is 0 Å². The molecule has 2 aromatic rings. The number of anilines is 1. The number of amides is 2. The van der Waals surface area contributed by atoms with Crippen molar-refractivity contribution in [2.45, 2.75) is 26.2 Å². The molecule has 2 amide bonds. The zero-order valence-corrected chi connectivity index (χ0v) is 16.2. The Morgan fingerprint density at radius 2 is 1.72 bits per heavy atom. The number of hydrogen-bond acceptors (Lipinski definition) is 7. The predicted octanol–water partition coefficient (Wildman–Crippen LogP) is 2.59. The summed E-state index contributed by atoms with van der Waals surface area (Å²) in [5.41, 5.74) is 6.24. The molecule has 0 spiro atoms. The molecule has 0 aliphatic carbocycles. The van der Waals surface area contributed by atoms with E-state index < -0.39 is 29.3 Å². The molecule has 0 aromatic heterocycles. The fourth-order valence-electron chi connectivity index (χ4n) is 2.40. The Hall–Kier alpha value is -3.75. The van der Waals surface area contributed by atoms with Gasteiger partial charge < -0.3 is 10.5 Å². The number of hydrogen-bond donors (Lipinski definition) is 2. The van der Waals surface area contributed by atoms with Gasteiger partial charge in [0.25, 0.3) is 17.5 Å². The van der Waals surface area contributed by atoms with E-state index in [0.717, 1.165) is 17.7 Å². The third kappa shape index (κ3) is 5.61. The van der Waals surface area contributed by atoms with E-state index >= 15 is 0 Å². The third-order valence-corrected chi connectivity index (χ3v) is 4.07. The summed E-state index contributed by atoms with van der Waals surface area (Å²) in [4.78, 5) is 46.2. The number of ether oxygens (including phenoxy) is 1. The van der Waals surface area contributed by atoms with E-state index in [1.165, 1.54) is 6.07 Å². The molecular formula is C20H21N3O6. The monoisotopic (exact) mass is 399 g/mol. The van der Waals surface area contributed by atoms with Gasteiger partial charge in [0.05, 0.1) is 10.5 Å². The summed E-state index contributed by atoms with van der Waals surface area (Å²) in [6.07, 6.45) is 0. The maximum absolute atomic E-state index is 12.1. The summed E-state index contributed by atoms with van der Waals surface area (Å²) in [7, 11) is 0. The van der Waals surface area contributed by atoms with Crippen LogP contribution in [0.1, 0.15) is 47.1 Å². The van der Waals surface area contributed by atoms with Crippen LogP contribution in [-0.4, -0.2) is 29.3 Å². The molecule has 0 aliphatic heterocycles. The fraction of sp³-hybridized carbons (Fsp3) is 0.250. The van der Waals surface area contributed by atoms with E-state index in [9.17, 15) is 24.5 Å². The van der Waals surface area contributed by atoms with Gasteiger partial charge in [0.15, 0.2) is 6.61 Å². The SMILES string of the molecule is CC(C)(C)c1ccc(C(=O)NC(=O)COC(=O)c2cc([N+](=O)[O-])ccc2N)cc1. The van der Waals surface area contributed by atoms with Crippen molar-refractivity contribution in [3.05, 3.63) is 69.3 Å². The maximum Gasteiger partial charge on any atom is 0.341 e. The number of carbonyl (C=O) groups excluding carboxylic acids is 3. The molecule has 152 valence electrons. The van der Waals surface area contributed by atoms with Crippen molar-refractivity contribution in [2.75, 3.05) is 12.3 Å². The summed E-state index contributed by atoms with van der Waals surface area (Å²) in [6.45, 7) is 5.36. The van der Waals surface area contributed by atoms with Crippen LogP contribution in [0.3, 0.4) is 0 Å². The second kappa shape index (κ2) is 8.51. The van der Waals surface area contributed by atoms with Crippen molar-refractivity contribution in [1.82, 2.24) is 5.32 Å². The number of nitrogens with two attached hydrogens (primary N) is 1. The molecule has 0 heterocycles. The Morgan fingerprint density at radius 1 is 1.10 bits per heavy atom. The lowest BCUT2D eigenvalue weighted by molar-refractivity contribution is -0.384. The highest BCUT2D eigenvalue weighted by molar-refractivity contribution is 6.05. The molecule has 3 N–H and O–H groups in total. The van der Waals surface area contributed by atoms with Crippen LogP contribution in [0.4, 0.5) is 11.4 Å². The Kier molecular flexibility index (Phi) is 6.32. The Balaban J connectivity index is 1.96. The topological polar surface area (TPSA) is 142 Å². The van der Waals surface area contributed by atoms with E-state index in [1.807, 2.05) is 20.8 Å². The van der Waals surface area contributed by atoms with E-state index in [1.54, 1.807) is 24.3 Å². The molecule has 9 nitrogen and oxygen atoms in total. The Labute approximate surface area is 167 Å². The molecule has 0 radical (unpaired) electrons. The lowest BCUT2D eigenvalue weighted by Crippen LogP contribution is -2.34. The van der Waals surface area contributed by atoms with Gasteiger partial charge in [-0.2, -0.15) is 0 Å². The lowest BCUT2D eigenvalue weighted by atomic mass is 9.87. The number of nitrogens with zero attached hydrogens (tertiary/aromatic N) is 1. The van der Waals surface area contributed by atoms with Crippen LogP contribution in [0.15, 0.2) is 42.5 Å². The molecule has 0 aliphatic rings. The van der Waals surface area contributed by atoms with Crippen molar-refractivity contribution in [3.63, 3.8) is 0 Å². The maximum atomic E-state index is 12.1. The van der Waals surface area contributed by atoms with Gasteiger partial charge in [-0.05, 0) is 29.2 Å². The average Bonchev–Trinajstić information content (AvgIpc) is 2.65. The Morgan fingerprint density at radius 3 is 2.28 bits per heavy atom. The van der Waals surface area contributed by atoms with Crippen LogP contribution >= 0.6 is 0 Å². The van der Waals surface area contributed by atoms with Gasteiger partial charge in [0.2, 0.25) is 0 Å². The predicted molar refractivity (Wildman–Crippen MR) is 105 cm³/mol. The summed E-state index contributed by atoms with van der Waals surface area (Å²) >= 11 is 0. The quantitative estimate of drug-likeness (QED) is 0.340. The van der Waals surface area contributed by atoms with Gasteiger partial charge in [0, 0.05) is 23.4 Å². The fourth-order valence-corrected chi connectivity index (χ4v) is 2.40. The first-order valence-electron chi connectivity index (χ1n) is 8.65. The third-order valence-electron chi connectivity index (χ3n) is 4.07. The molecule has 2 rings (SSSR count). The second-order valence-electron chi connectivity index (χ2n) is 7.31. The molecule has 0 saturated carbocycles. The number of benzene rings is 2. The van der Waals surface area contributed by atoms with Gasteiger partial charge >= 0.3 is 5.97 Å². The van der Waals surface area contributed by atoms with Crippen molar-refractivity contribution < 1.29 is 24.0 Å². The number of esters is 1. The molecule has 0 unspecified atom stereocenters. The smallest absolute Gasteiger partial charge is 0.341 e. The van der Waals surface area contributed by atoms with E-state index in [-0.39, 0.29) is 27.9 Å². The van der Waals surface area contributed by atoms with E-state index in [4.69, 9.17) is 10.5 Å². The number of carbonyl (C=O) groups is 3.